The SMILES string of the molecule is CCc1cc(=O)oc2cc(C)cc(OC(C)C(=O)N3CCC(F)(F)CC3)c12. The third-order valence-corrected chi connectivity index (χ3v) is 4.87. The highest BCUT2D eigenvalue weighted by Crippen LogP contribution is 2.32. The molecule has 1 aliphatic heterocycles. The minimum absolute atomic E-state index is 0.0170. The number of hydrogen-bond acceptors (Lipinski definition) is 4. The number of likely N-dealkylation sites (tertiary alicyclic amines) is 1. The van der Waals surface area contributed by atoms with E-state index in [2.05, 4.69) is 0 Å². The fourth-order valence-corrected chi connectivity index (χ4v) is 3.39. The molecule has 146 valence electrons. The molecule has 1 fully saturated rings. The molecule has 2 aromatic rings. The molecule has 0 saturated carbocycles. The highest BCUT2D eigenvalue weighted by Gasteiger charge is 2.37. The summed E-state index contributed by atoms with van der Waals surface area (Å²) in [6, 6.07) is 4.96. The number of alkyl halides is 2. The Morgan fingerprint density at radius 2 is 1.96 bits per heavy atom. The Morgan fingerprint density at radius 1 is 1.30 bits per heavy atom. The quantitative estimate of drug-likeness (QED) is 0.761. The Hall–Kier alpha value is -2.44. The Labute approximate surface area is 155 Å². The van der Waals surface area contributed by atoms with Crippen LogP contribution in [-0.2, 0) is 11.2 Å². The van der Waals surface area contributed by atoms with Crippen molar-refractivity contribution in [2.75, 3.05) is 13.1 Å². The van der Waals surface area contributed by atoms with Crippen LogP contribution in [0.2, 0.25) is 0 Å². The summed E-state index contributed by atoms with van der Waals surface area (Å²) in [5.41, 5.74) is 1.57. The zero-order valence-electron chi connectivity index (χ0n) is 15.7. The largest absolute Gasteiger partial charge is 0.480 e. The normalized spacial score (nSPS) is 17.7. The van der Waals surface area contributed by atoms with E-state index in [0.29, 0.717) is 23.1 Å². The van der Waals surface area contributed by atoms with Crippen molar-refractivity contribution in [1.29, 1.82) is 0 Å². The molecule has 1 saturated heterocycles. The number of piperidine rings is 1. The van der Waals surface area contributed by atoms with Gasteiger partial charge in [-0.25, -0.2) is 13.6 Å². The van der Waals surface area contributed by atoms with Crippen molar-refractivity contribution in [3.8, 4) is 5.75 Å². The number of benzene rings is 1. The molecule has 0 bridgehead atoms. The monoisotopic (exact) mass is 379 g/mol. The highest BCUT2D eigenvalue weighted by atomic mass is 19.3. The molecule has 0 radical (unpaired) electrons. The predicted molar refractivity (Wildman–Crippen MR) is 97.5 cm³/mol. The Morgan fingerprint density at radius 3 is 2.59 bits per heavy atom. The van der Waals surface area contributed by atoms with Crippen LogP contribution in [0.1, 0.15) is 37.8 Å². The minimum Gasteiger partial charge on any atom is -0.480 e. The van der Waals surface area contributed by atoms with Gasteiger partial charge < -0.3 is 14.1 Å². The Balaban J connectivity index is 1.87. The van der Waals surface area contributed by atoms with Crippen molar-refractivity contribution in [2.45, 2.75) is 52.1 Å². The number of nitrogens with zero attached hydrogens (tertiary/aromatic N) is 1. The van der Waals surface area contributed by atoms with E-state index >= 15 is 0 Å². The Kier molecular flexibility index (Phi) is 5.22. The lowest BCUT2D eigenvalue weighted by molar-refractivity contribution is -0.143. The second-order valence-electron chi connectivity index (χ2n) is 7.02. The fraction of sp³-hybridized carbons (Fsp3) is 0.500. The number of hydrogen-bond donors (Lipinski definition) is 0. The summed E-state index contributed by atoms with van der Waals surface area (Å²) >= 11 is 0. The number of fused-ring (bicyclic) bond motifs is 1. The van der Waals surface area contributed by atoms with E-state index in [0.717, 1.165) is 11.1 Å². The van der Waals surface area contributed by atoms with Crippen molar-refractivity contribution in [3.05, 3.63) is 39.7 Å². The highest BCUT2D eigenvalue weighted by molar-refractivity contribution is 5.88. The number of amides is 1. The molecule has 27 heavy (non-hydrogen) atoms. The van der Waals surface area contributed by atoms with Crippen LogP contribution in [0.25, 0.3) is 11.0 Å². The first-order valence-electron chi connectivity index (χ1n) is 9.11. The van der Waals surface area contributed by atoms with Gasteiger partial charge in [0.2, 0.25) is 0 Å². The molecule has 1 unspecified atom stereocenters. The molecule has 1 aromatic carbocycles. The first-order chi connectivity index (χ1) is 12.7. The minimum atomic E-state index is -2.71. The zero-order chi connectivity index (χ0) is 19.8. The van der Waals surface area contributed by atoms with Crippen LogP contribution in [0.4, 0.5) is 8.78 Å². The molecule has 1 amide bonds. The number of carbonyl (C=O) groups is 1. The van der Waals surface area contributed by atoms with Gasteiger partial charge in [-0.1, -0.05) is 6.92 Å². The molecule has 1 atom stereocenters. The maximum absolute atomic E-state index is 13.3. The zero-order valence-corrected chi connectivity index (χ0v) is 15.7. The van der Waals surface area contributed by atoms with Gasteiger partial charge in [0.1, 0.15) is 11.3 Å². The third-order valence-electron chi connectivity index (χ3n) is 4.87. The smallest absolute Gasteiger partial charge is 0.336 e. The van der Waals surface area contributed by atoms with E-state index < -0.39 is 17.7 Å². The van der Waals surface area contributed by atoms with E-state index in [9.17, 15) is 18.4 Å². The topological polar surface area (TPSA) is 59.8 Å². The Bertz CT molecular complexity index is 912. The fourth-order valence-electron chi connectivity index (χ4n) is 3.39. The maximum Gasteiger partial charge on any atom is 0.336 e. The molecular weight excluding hydrogens is 356 g/mol. The van der Waals surface area contributed by atoms with Crippen molar-refractivity contribution < 1.29 is 22.7 Å². The molecule has 7 heteroatoms. The van der Waals surface area contributed by atoms with Crippen LogP contribution in [0.5, 0.6) is 5.75 Å². The molecule has 2 heterocycles. The lowest BCUT2D eigenvalue weighted by Crippen LogP contribution is -2.47. The summed E-state index contributed by atoms with van der Waals surface area (Å²) in [7, 11) is 0. The van der Waals surface area contributed by atoms with E-state index in [4.69, 9.17) is 9.15 Å². The molecule has 1 aromatic heterocycles. The van der Waals surface area contributed by atoms with Crippen LogP contribution in [0.3, 0.4) is 0 Å². The summed E-state index contributed by atoms with van der Waals surface area (Å²) in [5.74, 6) is -2.58. The number of carbonyl (C=O) groups excluding carboxylic acids is 1. The molecule has 1 aliphatic rings. The second-order valence-corrected chi connectivity index (χ2v) is 7.02. The van der Waals surface area contributed by atoms with Gasteiger partial charge in [0, 0.05) is 32.0 Å². The standard InChI is InChI=1S/C20H23F2NO4/c1-4-14-11-17(24)27-16-10-12(2)9-15(18(14)16)26-13(3)19(25)23-7-5-20(21,22)6-8-23/h9-11,13H,4-8H2,1-3H3. The third kappa shape index (κ3) is 4.12. The van der Waals surface area contributed by atoms with Gasteiger partial charge in [0.25, 0.3) is 11.8 Å². The van der Waals surface area contributed by atoms with Gasteiger partial charge in [0.15, 0.2) is 6.10 Å². The second kappa shape index (κ2) is 7.29. The lowest BCUT2D eigenvalue weighted by Gasteiger charge is -2.33. The van der Waals surface area contributed by atoms with E-state index in [1.807, 2.05) is 13.8 Å². The van der Waals surface area contributed by atoms with Crippen LogP contribution < -0.4 is 10.4 Å². The molecule has 0 aliphatic carbocycles. The van der Waals surface area contributed by atoms with Crippen molar-refractivity contribution in [3.63, 3.8) is 0 Å². The predicted octanol–water partition coefficient (Wildman–Crippen LogP) is 3.69. The molecule has 5 nitrogen and oxygen atoms in total. The van der Waals surface area contributed by atoms with E-state index in [1.54, 1.807) is 19.1 Å². The summed E-state index contributed by atoms with van der Waals surface area (Å²) in [6.45, 7) is 5.39. The van der Waals surface area contributed by atoms with Crippen molar-refractivity contribution in [2.24, 2.45) is 0 Å². The summed E-state index contributed by atoms with van der Waals surface area (Å²) in [4.78, 5) is 25.8. The number of halogens is 2. The first-order valence-corrected chi connectivity index (χ1v) is 9.11. The average Bonchev–Trinajstić information content (AvgIpc) is 2.59. The first kappa shape index (κ1) is 19.3. The molecule has 0 spiro atoms. The van der Waals surface area contributed by atoms with Gasteiger partial charge in [0.05, 0.1) is 5.39 Å². The lowest BCUT2D eigenvalue weighted by atomic mass is 10.0. The average molecular weight is 379 g/mol. The van der Waals surface area contributed by atoms with Gasteiger partial charge in [-0.05, 0) is 43.5 Å². The van der Waals surface area contributed by atoms with E-state index in [-0.39, 0.29) is 31.8 Å². The molecule has 3 rings (SSSR count). The van der Waals surface area contributed by atoms with Crippen molar-refractivity contribution in [1.82, 2.24) is 4.90 Å². The van der Waals surface area contributed by atoms with Crippen LogP contribution in [-0.4, -0.2) is 35.9 Å². The number of aryl methyl sites for hydroxylation is 2. The van der Waals surface area contributed by atoms with Crippen LogP contribution >= 0.6 is 0 Å². The summed E-state index contributed by atoms with van der Waals surface area (Å²) < 4.78 is 37.8. The number of ether oxygens (including phenoxy) is 1. The van der Waals surface area contributed by atoms with Gasteiger partial charge in [-0.3, -0.25) is 4.79 Å². The van der Waals surface area contributed by atoms with Crippen LogP contribution in [0, 0.1) is 6.92 Å². The van der Waals surface area contributed by atoms with Gasteiger partial charge >= 0.3 is 5.63 Å². The van der Waals surface area contributed by atoms with Crippen molar-refractivity contribution >= 4 is 16.9 Å². The van der Waals surface area contributed by atoms with Crippen LogP contribution in [0.15, 0.2) is 27.4 Å². The van der Waals surface area contributed by atoms with Gasteiger partial charge in [-0.2, -0.15) is 0 Å². The molecule has 0 N–H and O–H groups in total. The van der Waals surface area contributed by atoms with Gasteiger partial charge in [-0.15, -0.1) is 0 Å². The molecular formula is C20H23F2NO4. The summed E-state index contributed by atoms with van der Waals surface area (Å²) in [6.07, 6.45) is -0.891. The summed E-state index contributed by atoms with van der Waals surface area (Å²) in [5, 5.41) is 0.660. The van der Waals surface area contributed by atoms with E-state index in [1.165, 1.54) is 11.0 Å². The maximum atomic E-state index is 13.3. The number of rotatable bonds is 4.